The third-order valence-corrected chi connectivity index (χ3v) is 1.94. The Bertz CT molecular complexity index is 242. The average Bonchev–Trinajstić information content (AvgIpc) is 2.15. The van der Waals surface area contributed by atoms with E-state index >= 15 is 0 Å². The van der Waals surface area contributed by atoms with Gasteiger partial charge >= 0.3 is 12.1 Å². The van der Waals surface area contributed by atoms with Gasteiger partial charge in [0.1, 0.15) is 12.3 Å². The van der Waals surface area contributed by atoms with Crippen LogP contribution in [0, 0.1) is 0 Å². The van der Waals surface area contributed by atoms with Crippen LogP contribution in [0.2, 0.25) is 0 Å². The second kappa shape index (κ2) is 3.95. The molecule has 0 radical (unpaired) electrons. The Labute approximate surface area is 78.1 Å². The standard InChI is InChI=1S/C7H9F3N2O2/c8-7(9,10)6(14)12-2-1-11-3-5(12)4-13/h4-5,11H,1-3H2/t5-/m1/s1. The first kappa shape index (κ1) is 11.0. The van der Waals surface area contributed by atoms with Gasteiger partial charge in [-0.1, -0.05) is 0 Å². The van der Waals surface area contributed by atoms with Crippen molar-refractivity contribution in [1.82, 2.24) is 10.2 Å². The van der Waals surface area contributed by atoms with E-state index in [4.69, 9.17) is 0 Å². The van der Waals surface area contributed by atoms with Crippen LogP contribution >= 0.6 is 0 Å². The smallest absolute Gasteiger partial charge is 0.323 e. The molecular formula is C7H9F3N2O2. The largest absolute Gasteiger partial charge is 0.471 e. The summed E-state index contributed by atoms with van der Waals surface area (Å²) in [5.41, 5.74) is 0. The lowest BCUT2D eigenvalue weighted by Gasteiger charge is -2.33. The van der Waals surface area contributed by atoms with Crippen LogP contribution in [0.15, 0.2) is 0 Å². The number of nitrogens with zero attached hydrogens (tertiary/aromatic N) is 1. The Morgan fingerprint density at radius 3 is 2.64 bits per heavy atom. The molecule has 1 heterocycles. The molecule has 1 aliphatic rings. The molecule has 0 spiro atoms. The molecule has 1 atom stereocenters. The van der Waals surface area contributed by atoms with Gasteiger partial charge in [0, 0.05) is 19.6 Å². The number of piperazine rings is 1. The van der Waals surface area contributed by atoms with E-state index in [1.807, 2.05) is 0 Å². The molecule has 0 aromatic heterocycles. The van der Waals surface area contributed by atoms with Crippen LogP contribution in [-0.4, -0.2) is 48.9 Å². The second-order valence-corrected chi connectivity index (χ2v) is 2.90. The fourth-order valence-corrected chi connectivity index (χ4v) is 1.26. The second-order valence-electron chi connectivity index (χ2n) is 2.90. The summed E-state index contributed by atoms with van der Waals surface area (Å²) in [5, 5.41) is 2.73. The number of hydrogen-bond donors (Lipinski definition) is 1. The minimum absolute atomic E-state index is 0.0747. The minimum atomic E-state index is -4.90. The van der Waals surface area contributed by atoms with Crippen molar-refractivity contribution in [3.63, 3.8) is 0 Å². The van der Waals surface area contributed by atoms with Crippen molar-refractivity contribution in [2.45, 2.75) is 12.2 Å². The maximum Gasteiger partial charge on any atom is 0.471 e. The Morgan fingerprint density at radius 2 is 2.14 bits per heavy atom. The first-order chi connectivity index (χ1) is 6.46. The van der Waals surface area contributed by atoms with Crippen LogP contribution in [0.3, 0.4) is 0 Å². The summed E-state index contributed by atoms with van der Waals surface area (Å²) in [6.07, 6.45) is -4.56. The molecule has 1 rings (SSSR count). The van der Waals surface area contributed by atoms with Crippen molar-refractivity contribution in [1.29, 1.82) is 0 Å². The van der Waals surface area contributed by atoms with Crippen molar-refractivity contribution in [2.24, 2.45) is 0 Å². The predicted molar refractivity (Wildman–Crippen MR) is 40.5 cm³/mol. The monoisotopic (exact) mass is 210 g/mol. The summed E-state index contributed by atoms with van der Waals surface area (Å²) in [6, 6.07) is -1.02. The Kier molecular flexibility index (Phi) is 3.10. The minimum Gasteiger partial charge on any atom is -0.323 e. The van der Waals surface area contributed by atoms with Crippen LogP contribution in [0.4, 0.5) is 13.2 Å². The molecule has 14 heavy (non-hydrogen) atoms. The van der Waals surface area contributed by atoms with Gasteiger partial charge in [-0.05, 0) is 0 Å². The summed E-state index contributed by atoms with van der Waals surface area (Å²) in [5.74, 6) is -1.95. The van der Waals surface area contributed by atoms with Gasteiger partial charge < -0.3 is 15.0 Å². The van der Waals surface area contributed by atoms with Gasteiger partial charge in [0.2, 0.25) is 0 Å². The van der Waals surface area contributed by atoms with Gasteiger partial charge in [-0.3, -0.25) is 4.79 Å². The first-order valence-corrected chi connectivity index (χ1v) is 4.00. The maximum absolute atomic E-state index is 12.0. The normalized spacial score (nSPS) is 23.4. The highest BCUT2D eigenvalue weighted by Crippen LogP contribution is 2.20. The lowest BCUT2D eigenvalue weighted by molar-refractivity contribution is -0.188. The van der Waals surface area contributed by atoms with E-state index in [0.717, 1.165) is 0 Å². The molecular weight excluding hydrogens is 201 g/mol. The number of aldehydes is 1. The van der Waals surface area contributed by atoms with Crippen molar-refractivity contribution in [2.75, 3.05) is 19.6 Å². The molecule has 0 aromatic carbocycles. The van der Waals surface area contributed by atoms with E-state index in [1.54, 1.807) is 0 Å². The van der Waals surface area contributed by atoms with Gasteiger partial charge in [-0.25, -0.2) is 0 Å². The molecule has 0 bridgehead atoms. The van der Waals surface area contributed by atoms with Gasteiger partial charge in [0.25, 0.3) is 0 Å². The maximum atomic E-state index is 12.0. The van der Waals surface area contributed by atoms with Gasteiger partial charge in [0.05, 0.1) is 0 Å². The zero-order chi connectivity index (χ0) is 10.8. The highest BCUT2D eigenvalue weighted by atomic mass is 19.4. The van der Waals surface area contributed by atoms with Crippen LogP contribution in [0.1, 0.15) is 0 Å². The Morgan fingerprint density at radius 1 is 1.50 bits per heavy atom. The predicted octanol–water partition coefficient (Wildman–Crippen LogP) is -0.452. The summed E-state index contributed by atoms with van der Waals surface area (Å²) in [6.45, 7) is 0.249. The third kappa shape index (κ3) is 2.22. The lowest BCUT2D eigenvalue weighted by atomic mass is 10.2. The fourth-order valence-electron chi connectivity index (χ4n) is 1.26. The van der Waals surface area contributed by atoms with E-state index < -0.39 is 18.1 Å². The highest BCUT2D eigenvalue weighted by Gasteiger charge is 2.45. The molecule has 7 heteroatoms. The fraction of sp³-hybridized carbons (Fsp3) is 0.714. The van der Waals surface area contributed by atoms with E-state index in [9.17, 15) is 22.8 Å². The zero-order valence-corrected chi connectivity index (χ0v) is 7.17. The number of carbonyl (C=O) groups excluding carboxylic acids is 2. The van der Waals surface area contributed by atoms with Crippen molar-refractivity contribution in [3.05, 3.63) is 0 Å². The van der Waals surface area contributed by atoms with E-state index in [1.165, 1.54) is 0 Å². The molecule has 0 saturated carbocycles. The molecule has 0 aliphatic carbocycles. The third-order valence-electron chi connectivity index (χ3n) is 1.94. The molecule has 80 valence electrons. The summed E-state index contributed by atoms with van der Waals surface area (Å²) in [7, 11) is 0. The SMILES string of the molecule is O=C[C@H]1CNCCN1C(=O)C(F)(F)F. The molecule has 0 aromatic rings. The summed E-state index contributed by atoms with van der Waals surface area (Å²) in [4.78, 5) is 21.7. The van der Waals surface area contributed by atoms with Crippen LogP contribution in [-0.2, 0) is 9.59 Å². The van der Waals surface area contributed by atoms with Crippen LogP contribution in [0.5, 0.6) is 0 Å². The molecule has 1 amide bonds. The van der Waals surface area contributed by atoms with E-state index in [0.29, 0.717) is 11.2 Å². The van der Waals surface area contributed by atoms with Crippen molar-refractivity contribution >= 4 is 12.2 Å². The number of amides is 1. The number of alkyl halides is 3. The molecule has 1 fully saturated rings. The van der Waals surface area contributed by atoms with Crippen molar-refractivity contribution in [3.8, 4) is 0 Å². The number of halogens is 3. The van der Waals surface area contributed by atoms with Gasteiger partial charge in [-0.15, -0.1) is 0 Å². The number of hydrogen-bond acceptors (Lipinski definition) is 3. The van der Waals surface area contributed by atoms with Crippen LogP contribution in [0.25, 0.3) is 0 Å². The molecule has 1 saturated heterocycles. The Hall–Kier alpha value is -1.11. The molecule has 1 aliphatic heterocycles. The summed E-state index contributed by atoms with van der Waals surface area (Å²) >= 11 is 0. The van der Waals surface area contributed by atoms with Crippen LogP contribution < -0.4 is 5.32 Å². The molecule has 4 nitrogen and oxygen atoms in total. The van der Waals surface area contributed by atoms with E-state index in [2.05, 4.69) is 5.32 Å². The number of rotatable bonds is 1. The topological polar surface area (TPSA) is 49.4 Å². The van der Waals surface area contributed by atoms with Gasteiger partial charge in [0.15, 0.2) is 0 Å². The summed E-state index contributed by atoms with van der Waals surface area (Å²) < 4.78 is 36.0. The van der Waals surface area contributed by atoms with Crippen molar-refractivity contribution < 1.29 is 22.8 Å². The average molecular weight is 210 g/mol. The van der Waals surface area contributed by atoms with Gasteiger partial charge in [-0.2, -0.15) is 13.2 Å². The molecule has 0 unspecified atom stereocenters. The zero-order valence-electron chi connectivity index (χ0n) is 7.17. The molecule has 1 N–H and O–H groups in total. The van der Waals surface area contributed by atoms with E-state index in [-0.39, 0.29) is 19.6 Å². The highest BCUT2D eigenvalue weighted by molar-refractivity contribution is 5.84. The number of carbonyl (C=O) groups is 2. The Balaban J connectivity index is 2.73. The lowest BCUT2D eigenvalue weighted by Crippen LogP contribution is -2.57. The first-order valence-electron chi connectivity index (χ1n) is 4.00. The quantitative estimate of drug-likeness (QED) is 0.596. The number of nitrogens with one attached hydrogen (secondary N) is 1.